The Morgan fingerprint density at radius 2 is 1.71 bits per heavy atom. The normalized spacial score (nSPS) is 20.2. The highest BCUT2D eigenvalue weighted by atomic mass is 35.5. The molecule has 0 saturated carbocycles. The molecule has 2 amide bonds. The van der Waals surface area contributed by atoms with Crippen LogP contribution in [0, 0.1) is 11.8 Å². The van der Waals surface area contributed by atoms with Crippen LogP contribution in [0.5, 0.6) is 0 Å². The molecule has 2 N–H and O–H groups in total. The fourth-order valence-electron chi connectivity index (χ4n) is 4.58. The zero-order valence-corrected chi connectivity index (χ0v) is 19.6. The lowest BCUT2D eigenvalue weighted by atomic mass is 10.0. The van der Waals surface area contributed by atoms with Gasteiger partial charge in [-0.05, 0) is 42.5 Å². The molecule has 8 heteroatoms. The summed E-state index contributed by atoms with van der Waals surface area (Å²) in [5.74, 6) is 0.466. The quantitative estimate of drug-likeness (QED) is 0.628. The molecule has 2 heterocycles. The number of carbonyl (C=O) groups excluding carboxylic acids is 2. The van der Waals surface area contributed by atoms with E-state index in [-0.39, 0.29) is 11.8 Å². The van der Waals surface area contributed by atoms with Crippen LogP contribution in [-0.2, 0) is 11.2 Å². The van der Waals surface area contributed by atoms with E-state index in [2.05, 4.69) is 17.0 Å². The summed E-state index contributed by atoms with van der Waals surface area (Å²) in [4.78, 5) is 29.4. The number of primary amides is 1. The first-order valence-corrected chi connectivity index (χ1v) is 12.3. The highest BCUT2D eigenvalue weighted by Gasteiger charge is 2.42. The molecule has 2 aliphatic rings. The summed E-state index contributed by atoms with van der Waals surface area (Å²) in [7, 11) is 0. The molecule has 5 nitrogen and oxygen atoms in total. The number of hydrogen-bond donors (Lipinski definition) is 1. The van der Waals surface area contributed by atoms with Crippen LogP contribution in [0.1, 0.15) is 22.3 Å². The molecule has 2 fully saturated rings. The Kier molecular flexibility index (Phi) is 6.70. The van der Waals surface area contributed by atoms with Crippen LogP contribution in [0.25, 0.3) is 0 Å². The summed E-state index contributed by atoms with van der Waals surface area (Å²) >= 11 is 14.3. The van der Waals surface area contributed by atoms with Crippen molar-refractivity contribution >= 4 is 52.5 Å². The maximum absolute atomic E-state index is 13.1. The summed E-state index contributed by atoms with van der Waals surface area (Å²) < 4.78 is 0. The van der Waals surface area contributed by atoms with Gasteiger partial charge < -0.3 is 15.5 Å². The number of halogens is 2. The van der Waals surface area contributed by atoms with Crippen molar-refractivity contribution < 1.29 is 9.59 Å². The Balaban J connectivity index is 1.41. The van der Waals surface area contributed by atoms with Gasteiger partial charge in [-0.15, -0.1) is 11.8 Å². The van der Waals surface area contributed by atoms with E-state index in [9.17, 15) is 9.59 Å². The second kappa shape index (κ2) is 9.31. The first kappa shape index (κ1) is 22.3. The average Bonchev–Trinajstić information content (AvgIpc) is 3.31. The minimum absolute atomic E-state index is 0.0861. The first-order valence-electron chi connectivity index (χ1n) is 10.3. The van der Waals surface area contributed by atoms with Crippen molar-refractivity contribution in [1.82, 2.24) is 4.90 Å². The number of nitrogens with two attached hydrogens (primary N) is 1. The number of hydrogen-bond acceptors (Lipinski definition) is 4. The van der Waals surface area contributed by atoms with Crippen LogP contribution in [0.2, 0.25) is 10.0 Å². The molecule has 0 spiro atoms. The van der Waals surface area contributed by atoms with E-state index in [1.807, 2.05) is 23.3 Å². The number of amides is 2. The van der Waals surface area contributed by atoms with Gasteiger partial charge in [0.05, 0.1) is 15.6 Å². The molecule has 4 rings (SSSR count). The van der Waals surface area contributed by atoms with Gasteiger partial charge in [0, 0.05) is 55.0 Å². The van der Waals surface area contributed by atoms with Crippen LogP contribution in [0.4, 0.5) is 5.69 Å². The van der Waals surface area contributed by atoms with Gasteiger partial charge in [-0.2, -0.15) is 0 Å². The number of anilines is 1. The minimum Gasteiger partial charge on any atom is -0.371 e. The van der Waals surface area contributed by atoms with Crippen molar-refractivity contribution in [2.24, 2.45) is 17.6 Å². The Morgan fingerprint density at radius 3 is 2.29 bits per heavy atom. The molecule has 164 valence electrons. The molecule has 0 aliphatic carbocycles. The SMILES string of the molecule is CSc1cc(Cl)c(C(=O)N2CC3CN(c4cccc(CCC(N)=O)c4)CC3C2)c(Cl)c1. The zero-order chi connectivity index (χ0) is 22.1. The predicted molar refractivity (Wildman–Crippen MR) is 127 cm³/mol. The fraction of sp³-hybridized carbons (Fsp3) is 0.391. The number of aryl methyl sites for hydroxylation is 1. The van der Waals surface area contributed by atoms with Crippen LogP contribution < -0.4 is 10.6 Å². The predicted octanol–water partition coefficient (Wildman–Crippen LogP) is 4.34. The molecule has 2 unspecified atom stereocenters. The standard InChI is InChI=1S/C23H25Cl2N3O2S/c1-31-18-8-19(24)22(20(25)9-18)23(30)28-12-15-10-27(11-16(15)13-28)17-4-2-3-14(7-17)5-6-21(26)29/h2-4,7-9,15-16H,5-6,10-13H2,1H3,(H2,26,29). The van der Waals surface area contributed by atoms with Gasteiger partial charge in [-0.1, -0.05) is 35.3 Å². The number of fused-ring (bicyclic) bond motifs is 1. The average molecular weight is 478 g/mol. The maximum Gasteiger partial charge on any atom is 0.256 e. The van der Waals surface area contributed by atoms with E-state index >= 15 is 0 Å². The second-order valence-electron chi connectivity index (χ2n) is 8.24. The van der Waals surface area contributed by atoms with Gasteiger partial charge in [-0.25, -0.2) is 0 Å². The van der Waals surface area contributed by atoms with Gasteiger partial charge in [0.15, 0.2) is 0 Å². The number of likely N-dealkylation sites (tertiary alicyclic amines) is 1. The van der Waals surface area contributed by atoms with E-state index in [0.717, 1.165) is 29.2 Å². The third kappa shape index (κ3) is 4.81. The molecule has 2 saturated heterocycles. The topological polar surface area (TPSA) is 66.6 Å². The van der Waals surface area contributed by atoms with Crippen LogP contribution in [0.3, 0.4) is 0 Å². The minimum atomic E-state index is -0.283. The lowest BCUT2D eigenvalue weighted by Crippen LogP contribution is -2.33. The van der Waals surface area contributed by atoms with Gasteiger partial charge in [0.2, 0.25) is 5.91 Å². The van der Waals surface area contributed by atoms with Crippen molar-refractivity contribution in [3.63, 3.8) is 0 Å². The number of benzene rings is 2. The van der Waals surface area contributed by atoms with Gasteiger partial charge in [-0.3, -0.25) is 9.59 Å². The van der Waals surface area contributed by atoms with Crippen LogP contribution in [0.15, 0.2) is 41.3 Å². The van der Waals surface area contributed by atoms with E-state index in [1.165, 1.54) is 0 Å². The molecular weight excluding hydrogens is 453 g/mol. The smallest absolute Gasteiger partial charge is 0.256 e. The van der Waals surface area contributed by atoms with Crippen molar-refractivity contribution in [1.29, 1.82) is 0 Å². The van der Waals surface area contributed by atoms with Crippen LogP contribution >= 0.6 is 35.0 Å². The Hall–Kier alpha value is -1.89. The zero-order valence-electron chi connectivity index (χ0n) is 17.3. The Labute approximate surface area is 196 Å². The van der Waals surface area contributed by atoms with Crippen molar-refractivity contribution in [2.75, 3.05) is 37.3 Å². The highest BCUT2D eigenvalue weighted by Crippen LogP contribution is 2.37. The molecule has 0 aromatic heterocycles. The van der Waals surface area contributed by atoms with E-state index in [4.69, 9.17) is 28.9 Å². The lowest BCUT2D eigenvalue weighted by molar-refractivity contribution is -0.117. The molecule has 31 heavy (non-hydrogen) atoms. The van der Waals surface area contributed by atoms with Gasteiger partial charge in [0.25, 0.3) is 5.91 Å². The van der Waals surface area contributed by atoms with Gasteiger partial charge >= 0.3 is 0 Å². The molecule has 2 aromatic rings. The summed E-state index contributed by atoms with van der Waals surface area (Å²) in [6.45, 7) is 3.22. The third-order valence-corrected chi connectivity index (χ3v) is 7.48. The largest absolute Gasteiger partial charge is 0.371 e. The van der Waals surface area contributed by atoms with E-state index in [0.29, 0.717) is 53.4 Å². The van der Waals surface area contributed by atoms with Crippen molar-refractivity contribution in [3.8, 4) is 0 Å². The molecule has 2 aliphatic heterocycles. The molecule has 2 atom stereocenters. The number of nitrogens with zero attached hydrogens (tertiary/aromatic N) is 2. The van der Waals surface area contributed by atoms with Crippen LogP contribution in [-0.4, -0.2) is 49.1 Å². The van der Waals surface area contributed by atoms with E-state index in [1.54, 1.807) is 23.9 Å². The number of rotatable bonds is 6. The summed E-state index contributed by atoms with van der Waals surface area (Å²) in [5.41, 5.74) is 7.95. The number of thioether (sulfide) groups is 1. The molecule has 0 bridgehead atoms. The monoisotopic (exact) mass is 477 g/mol. The number of carbonyl (C=O) groups is 2. The third-order valence-electron chi connectivity index (χ3n) is 6.17. The van der Waals surface area contributed by atoms with Crippen molar-refractivity contribution in [3.05, 3.63) is 57.6 Å². The summed E-state index contributed by atoms with van der Waals surface area (Å²) in [6.07, 6.45) is 2.96. The van der Waals surface area contributed by atoms with E-state index < -0.39 is 0 Å². The Morgan fingerprint density at radius 1 is 1.06 bits per heavy atom. The fourth-order valence-corrected chi connectivity index (χ4v) is 5.83. The summed E-state index contributed by atoms with van der Waals surface area (Å²) in [6, 6.07) is 11.9. The molecular formula is C23H25Cl2N3O2S. The Bertz CT molecular complexity index is 979. The first-order chi connectivity index (χ1) is 14.9. The maximum atomic E-state index is 13.1. The highest BCUT2D eigenvalue weighted by molar-refractivity contribution is 7.98. The van der Waals surface area contributed by atoms with Crippen molar-refractivity contribution in [2.45, 2.75) is 17.7 Å². The lowest BCUT2D eigenvalue weighted by Gasteiger charge is -2.24. The molecule has 2 aromatic carbocycles. The van der Waals surface area contributed by atoms with Gasteiger partial charge in [0.1, 0.15) is 0 Å². The molecule has 0 radical (unpaired) electrons. The second-order valence-corrected chi connectivity index (χ2v) is 9.93. The summed E-state index contributed by atoms with van der Waals surface area (Å²) in [5, 5.41) is 0.821.